The maximum absolute atomic E-state index is 9.88. The summed E-state index contributed by atoms with van der Waals surface area (Å²) in [5.41, 5.74) is 0.604. The summed E-state index contributed by atoms with van der Waals surface area (Å²) in [5.74, 6) is 9.00. The van der Waals surface area contributed by atoms with E-state index in [1.807, 2.05) is 6.07 Å². The van der Waals surface area contributed by atoms with Crippen molar-refractivity contribution in [3.8, 4) is 0 Å². The van der Waals surface area contributed by atoms with E-state index in [1.54, 1.807) is 30.6 Å². The maximum atomic E-state index is 9.88. The quantitative estimate of drug-likeness (QED) is 0.340. The molecule has 0 atom stereocenters. The number of rotatable bonds is 1. The molecule has 0 spiro atoms. The van der Waals surface area contributed by atoms with Gasteiger partial charge in [0.25, 0.3) is 0 Å². The van der Waals surface area contributed by atoms with Crippen LogP contribution in [0.15, 0.2) is 30.3 Å². The topological polar surface area (TPSA) is 66.9 Å². The molecule has 0 radical (unpaired) electrons. The van der Waals surface area contributed by atoms with Gasteiger partial charge in [0.2, 0.25) is 0 Å². The predicted molar refractivity (Wildman–Crippen MR) is 39.7 cm³/mol. The van der Waals surface area contributed by atoms with Gasteiger partial charge in [-0.1, -0.05) is 6.07 Å². The van der Waals surface area contributed by atoms with Crippen LogP contribution in [0, 0.1) is 0 Å². The van der Waals surface area contributed by atoms with Gasteiger partial charge in [-0.2, -0.15) is 17.7 Å². The molecular formula is C7H8MoN2O. The monoisotopic (exact) mass is 234 g/mol. The molecule has 58 valence electrons. The van der Waals surface area contributed by atoms with Crippen LogP contribution in [-0.4, -0.2) is 6.29 Å². The molecule has 4 heteroatoms. The molecule has 0 aliphatic heterocycles. The smallest absolute Gasteiger partial charge is 0.615 e. The van der Waals surface area contributed by atoms with Gasteiger partial charge in [0.05, 0.1) is 6.29 Å². The fourth-order valence-corrected chi connectivity index (χ4v) is 0.506. The van der Waals surface area contributed by atoms with E-state index in [2.05, 4.69) is 5.84 Å². The van der Waals surface area contributed by atoms with E-state index in [-0.39, 0.29) is 21.1 Å². The minimum atomic E-state index is 0. The average molecular weight is 232 g/mol. The first-order chi connectivity index (χ1) is 4.93. The Labute approximate surface area is 80.0 Å². The molecule has 0 aromatic heterocycles. The van der Waals surface area contributed by atoms with Crippen LogP contribution in [0.3, 0.4) is 0 Å². The Hall–Kier alpha value is -0.502. The Morgan fingerprint density at radius 1 is 1.18 bits per heavy atom. The van der Waals surface area contributed by atoms with E-state index in [9.17, 15) is 4.79 Å². The first-order valence-corrected chi connectivity index (χ1v) is 2.65. The van der Waals surface area contributed by atoms with Gasteiger partial charge in [0.1, 0.15) is 0 Å². The van der Waals surface area contributed by atoms with Crippen molar-refractivity contribution in [2.45, 2.75) is 0 Å². The normalized spacial score (nSPS) is 6.73. The zero-order chi connectivity index (χ0) is 7.82. The molecule has 3 nitrogen and oxygen atoms in total. The first kappa shape index (κ1) is 13.1. The average Bonchev–Trinajstić information content (AvgIpc) is 2.10. The van der Waals surface area contributed by atoms with E-state index in [0.29, 0.717) is 5.56 Å². The Morgan fingerprint density at radius 2 is 1.64 bits per heavy atom. The zero-order valence-corrected chi connectivity index (χ0v) is 7.79. The van der Waals surface area contributed by atoms with Crippen molar-refractivity contribution < 1.29 is 25.9 Å². The van der Waals surface area contributed by atoms with Gasteiger partial charge in [-0.15, -0.1) is 12.1 Å². The van der Waals surface area contributed by atoms with Crippen molar-refractivity contribution in [3.63, 3.8) is 0 Å². The number of nitrogens with two attached hydrogens (primary N) is 1. The number of hydrogen-bond donors (Lipinski definition) is 1. The van der Waals surface area contributed by atoms with Crippen LogP contribution in [0.5, 0.6) is 0 Å². The van der Waals surface area contributed by atoms with E-state index < -0.39 is 0 Å². The Bertz CT molecular complexity index is 179. The minimum absolute atomic E-state index is 0. The largest absolute Gasteiger partial charge is 2.00 e. The van der Waals surface area contributed by atoms with Crippen molar-refractivity contribution in [1.82, 2.24) is 0 Å². The molecule has 3 N–H and O–H groups in total. The van der Waals surface area contributed by atoms with Gasteiger partial charge in [-0.3, -0.25) is 0 Å². The van der Waals surface area contributed by atoms with Crippen LogP contribution in [0.25, 0.3) is 5.84 Å². The summed E-state index contributed by atoms with van der Waals surface area (Å²) < 4.78 is 0. The third kappa shape index (κ3) is 5.92. The Kier molecular flexibility index (Phi) is 11.3. The molecular weight excluding hydrogens is 224 g/mol. The van der Waals surface area contributed by atoms with Gasteiger partial charge < -0.3 is 16.5 Å². The van der Waals surface area contributed by atoms with Crippen molar-refractivity contribution in [2.24, 2.45) is 5.84 Å². The summed E-state index contributed by atoms with van der Waals surface area (Å²) in [6.45, 7) is 0. The number of benzene rings is 1. The van der Waals surface area contributed by atoms with Crippen LogP contribution in [0.4, 0.5) is 0 Å². The third-order valence-electron chi connectivity index (χ3n) is 0.892. The van der Waals surface area contributed by atoms with E-state index in [4.69, 9.17) is 5.84 Å². The van der Waals surface area contributed by atoms with Crippen LogP contribution >= 0.6 is 0 Å². The summed E-state index contributed by atoms with van der Waals surface area (Å²) >= 11 is 0. The second-order valence-corrected chi connectivity index (χ2v) is 1.47. The molecule has 0 aliphatic carbocycles. The summed E-state index contributed by atoms with van der Waals surface area (Å²) in [5, 5.41) is 0. The molecule has 0 bridgehead atoms. The second-order valence-electron chi connectivity index (χ2n) is 1.47. The molecule has 1 aromatic carbocycles. The second kappa shape index (κ2) is 9.50. The van der Waals surface area contributed by atoms with Gasteiger partial charge in [-0.05, 0) is 0 Å². The molecule has 1 aromatic rings. The summed E-state index contributed by atoms with van der Waals surface area (Å²) in [7, 11) is 0. The molecule has 0 saturated carbocycles. The standard InChI is InChI=1S/C7H5O.Mo.H3N2/c8-6-7-4-2-1-3-5-7;;1-2/h1-5H;;1H,2H2/q-1;+2;-1. The Morgan fingerprint density at radius 3 is 1.91 bits per heavy atom. The first-order valence-electron chi connectivity index (χ1n) is 2.65. The third-order valence-corrected chi connectivity index (χ3v) is 0.892. The van der Waals surface area contributed by atoms with Crippen molar-refractivity contribution in [3.05, 3.63) is 41.7 Å². The van der Waals surface area contributed by atoms with Gasteiger partial charge in [-0.25, -0.2) is 0 Å². The predicted octanol–water partition coefficient (Wildman–Crippen LogP) is 1.05. The molecule has 0 saturated heterocycles. The number of carbonyl (C=O) groups excluding carboxylic acids is 1. The Balaban J connectivity index is 0. The van der Waals surface area contributed by atoms with Crippen LogP contribution in [-0.2, 0) is 25.9 Å². The summed E-state index contributed by atoms with van der Waals surface area (Å²) in [4.78, 5) is 9.88. The molecule has 1 rings (SSSR count). The molecule has 11 heavy (non-hydrogen) atoms. The zero-order valence-electron chi connectivity index (χ0n) is 5.78. The molecule has 0 amide bonds. The molecule has 0 fully saturated rings. The summed E-state index contributed by atoms with van der Waals surface area (Å²) in [6.07, 6.45) is 1.78. The SMILES string of the molecule is O=[C-]c1ccccc1.[Mo+2].[NH-]N. The van der Waals surface area contributed by atoms with Crippen molar-refractivity contribution in [2.75, 3.05) is 0 Å². The maximum Gasteiger partial charge on any atom is 2.00 e. The van der Waals surface area contributed by atoms with Crippen LogP contribution in [0.1, 0.15) is 5.56 Å². The minimum Gasteiger partial charge on any atom is -0.615 e. The van der Waals surface area contributed by atoms with Gasteiger partial charge >= 0.3 is 21.1 Å². The van der Waals surface area contributed by atoms with E-state index >= 15 is 0 Å². The fraction of sp³-hybridized carbons (Fsp3) is 0. The van der Waals surface area contributed by atoms with Crippen molar-refractivity contribution >= 4 is 6.29 Å². The van der Waals surface area contributed by atoms with Gasteiger partial charge in [0.15, 0.2) is 0 Å². The molecule has 0 aliphatic rings. The molecule has 0 unspecified atom stereocenters. The van der Waals surface area contributed by atoms with Gasteiger partial charge in [0, 0.05) is 0 Å². The number of hydrogen-bond acceptors (Lipinski definition) is 2. The fourth-order valence-electron chi connectivity index (χ4n) is 0.506. The summed E-state index contributed by atoms with van der Waals surface area (Å²) in [6, 6.07) is 8.90. The van der Waals surface area contributed by atoms with Crippen molar-refractivity contribution in [1.29, 1.82) is 0 Å². The molecule has 0 heterocycles. The van der Waals surface area contributed by atoms with Crippen LogP contribution < -0.4 is 5.84 Å². The van der Waals surface area contributed by atoms with E-state index in [1.165, 1.54) is 0 Å². The van der Waals surface area contributed by atoms with Crippen LogP contribution in [0.2, 0.25) is 0 Å². The number of nitrogens with one attached hydrogen (secondary N) is 1. The van der Waals surface area contributed by atoms with E-state index in [0.717, 1.165) is 0 Å².